The molecule has 0 N–H and O–H groups in total. The van der Waals surface area contributed by atoms with Gasteiger partial charge in [-0.1, -0.05) is 59.7 Å². The van der Waals surface area contributed by atoms with E-state index in [1.807, 2.05) is 27.8 Å². The summed E-state index contributed by atoms with van der Waals surface area (Å²) in [5, 5.41) is 11.4. The van der Waals surface area contributed by atoms with Crippen molar-refractivity contribution in [1.82, 2.24) is 19.6 Å². The molecule has 5 heteroatoms. The first-order chi connectivity index (χ1) is 16.1. The minimum atomic E-state index is 0. The normalized spacial score (nSPS) is 12.1. The van der Waals surface area contributed by atoms with Crippen molar-refractivity contribution < 1.29 is 21.1 Å². The fourth-order valence-corrected chi connectivity index (χ4v) is 3.98. The summed E-state index contributed by atoms with van der Waals surface area (Å²) in [4.78, 5) is 0. The maximum absolute atomic E-state index is 4.60. The molecule has 0 saturated carbocycles. The van der Waals surface area contributed by atoms with Crippen LogP contribution in [-0.2, 0) is 31.9 Å². The van der Waals surface area contributed by atoms with Gasteiger partial charge in [-0.3, -0.25) is 9.36 Å². The van der Waals surface area contributed by atoms with Crippen LogP contribution >= 0.6 is 0 Å². The number of rotatable bonds is 3. The topological polar surface area (TPSA) is 35.6 Å². The van der Waals surface area contributed by atoms with Crippen LogP contribution in [0.3, 0.4) is 0 Å². The Morgan fingerprint density at radius 2 is 1.23 bits per heavy atom. The first kappa shape index (κ1) is 25.1. The molecule has 0 aliphatic heterocycles. The smallest absolute Gasteiger partial charge is 0.259 e. The van der Waals surface area contributed by atoms with Crippen LogP contribution in [0.25, 0.3) is 33.3 Å². The van der Waals surface area contributed by atoms with Crippen LogP contribution in [0.5, 0.6) is 0 Å². The summed E-state index contributed by atoms with van der Waals surface area (Å²) in [6, 6.07) is 23.9. The molecule has 5 aromatic rings. The zero-order valence-corrected chi connectivity index (χ0v) is 23.3. The first-order valence-electron chi connectivity index (χ1n) is 11.7. The van der Waals surface area contributed by atoms with Crippen LogP contribution in [0.4, 0.5) is 0 Å². The molecule has 0 aliphatic carbocycles. The van der Waals surface area contributed by atoms with Gasteiger partial charge in [0.15, 0.2) is 0 Å². The van der Waals surface area contributed by atoms with Crippen LogP contribution in [0.2, 0.25) is 0 Å². The van der Waals surface area contributed by atoms with Crippen LogP contribution in [-0.4, -0.2) is 19.6 Å². The Morgan fingerprint density at radius 1 is 0.657 bits per heavy atom. The van der Waals surface area contributed by atoms with E-state index in [1.165, 1.54) is 11.1 Å². The van der Waals surface area contributed by atoms with E-state index in [4.69, 9.17) is 0 Å². The summed E-state index contributed by atoms with van der Waals surface area (Å²) in [5.74, 6) is 0. The summed E-state index contributed by atoms with van der Waals surface area (Å²) in [6.07, 6.45) is 8.07. The second-order valence-corrected chi connectivity index (χ2v) is 10.9. The van der Waals surface area contributed by atoms with Crippen LogP contribution in [0.15, 0.2) is 73.3 Å². The number of nitrogens with zero attached hydrogens (tertiary/aromatic N) is 4. The second-order valence-electron chi connectivity index (χ2n) is 10.9. The van der Waals surface area contributed by atoms with E-state index in [-0.39, 0.29) is 31.9 Å². The Labute approximate surface area is 222 Å². The monoisotopic (exact) mass is 641 g/mol. The molecule has 0 bridgehead atoms. The quantitative estimate of drug-likeness (QED) is 0.198. The summed E-state index contributed by atoms with van der Waals surface area (Å²) < 4.78 is 3.82. The Balaban J connectivity index is 0.00000289. The first-order valence-corrected chi connectivity index (χ1v) is 11.7. The van der Waals surface area contributed by atoms with Gasteiger partial charge in [-0.25, -0.2) is 0 Å². The average Bonchev–Trinajstić information content (AvgIpc) is 3.48. The zero-order chi connectivity index (χ0) is 24.1. The summed E-state index contributed by atoms with van der Waals surface area (Å²) in [7, 11) is 0. The van der Waals surface area contributed by atoms with E-state index in [0.29, 0.717) is 0 Å². The van der Waals surface area contributed by atoms with Gasteiger partial charge in [0.1, 0.15) is 0 Å². The number of hydrogen-bond donors (Lipinski definition) is 0. The maximum Gasteiger partial charge on any atom is 2.00 e. The minimum Gasteiger partial charge on any atom is -0.259 e. The third-order valence-corrected chi connectivity index (χ3v) is 6.23. The van der Waals surface area contributed by atoms with Gasteiger partial charge in [-0.2, -0.15) is 10.2 Å². The molecule has 4 nitrogen and oxygen atoms in total. The number of hydrogen-bond acceptors (Lipinski definition) is 2. The largest absolute Gasteiger partial charge is 2.00 e. The molecule has 180 valence electrons. The Bertz CT molecular complexity index is 1480. The van der Waals surface area contributed by atoms with Gasteiger partial charge in [0.05, 0.1) is 12.4 Å². The van der Waals surface area contributed by atoms with Crippen molar-refractivity contribution in [3.05, 3.63) is 96.6 Å². The number of benzene rings is 3. The molecule has 0 radical (unpaired) electrons. The summed E-state index contributed by atoms with van der Waals surface area (Å²) in [5.41, 5.74) is 6.45. The number of fused-ring (bicyclic) bond motifs is 1. The molecule has 3 aromatic carbocycles. The third-order valence-electron chi connectivity index (χ3n) is 6.23. The molecule has 2 heterocycles. The van der Waals surface area contributed by atoms with Crippen molar-refractivity contribution in [3.63, 3.8) is 0 Å². The van der Waals surface area contributed by atoms with Gasteiger partial charge in [-0.15, -0.1) is 64.4 Å². The van der Waals surface area contributed by atoms with Crippen molar-refractivity contribution in [2.24, 2.45) is 0 Å². The van der Waals surface area contributed by atoms with Crippen molar-refractivity contribution >= 4 is 10.8 Å². The van der Waals surface area contributed by atoms with Gasteiger partial charge < -0.3 is 0 Å². The Morgan fingerprint density at radius 3 is 1.80 bits per heavy atom. The van der Waals surface area contributed by atoms with E-state index in [2.05, 4.69) is 119 Å². The SMILES string of the molecule is CC(C)(C)c1cnn(-c2[c-]c(-c3cccc4ccc(-n5cc(C(C)(C)C)cn5)[c-]c34)ccc2)c1.[Pt+2]. The minimum absolute atomic E-state index is 0. The van der Waals surface area contributed by atoms with Crippen molar-refractivity contribution in [3.8, 4) is 22.5 Å². The Kier molecular flexibility index (Phi) is 6.63. The molecule has 35 heavy (non-hydrogen) atoms. The average molecular weight is 642 g/mol. The molecule has 0 aliphatic rings. The second kappa shape index (κ2) is 9.24. The fraction of sp³-hybridized carbons (Fsp3) is 0.267. The Hall–Kier alpha value is -2.97. The molecule has 0 fully saturated rings. The molecule has 0 atom stereocenters. The van der Waals surface area contributed by atoms with Crippen molar-refractivity contribution in [2.75, 3.05) is 0 Å². The standard InChI is InChI=1S/C30H30N4.Pt/c1-29(2,3)23-17-31-33(19-23)25-11-7-10-22(15-25)27-12-8-9-21-13-14-26(16-28(21)27)34-20-24(18-32-34)30(4,5)6;/h7-14,17-20H,1-6H3;/q-2;+2. The van der Waals surface area contributed by atoms with Gasteiger partial charge in [0.25, 0.3) is 0 Å². The van der Waals surface area contributed by atoms with Crippen LogP contribution in [0.1, 0.15) is 52.7 Å². The van der Waals surface area contributed by atoms with E-state index < -0.39 is 0 Å². The number of aromatic nitrogens is 4. The molecule has 0 spiro atoms. The zero-order valence-electron chi connectivity index (χ0n) is 21.0. The summed E-state index contributed by atoms with van der Waals surface area (Å²) in [6.45, 7) is 13.2. The third kappa shape index (κ3) is 5.04. The molecule has 0 amide bonds. The molecule has 5 rings (SSSR count). The molecular weight excluding hydrogens is 611 g/mol. The molecule has 2 aromatic heterocycles. The van der Waals surface area contributed by atoms with Crippen molar-refractivity contribution in [1.29, 1.82) is 0 Å². The van der Waals surface area contributed by atoms with E-state index in [0.717, 1.165) is 33.3 Å². The van der Waals surface area contributed by atoms with Crippen molar-refractivity contribution in [2.45, 2.75) is 52.4 Å². The van der Waals surface area contributed by atoms with E-state index in [1.54, 1.807) is 0 Å². The van der Waals surface area contributed by atoms with Gasteiger partial charge in [0.2, 0.25) is 0 Å². The maximum atomic E-state index is 4.60. The van der Waals surface area contributed by atoms with E-state index in [9.17, 15) is 0 Å². The fourth-order valence-electron chi connectivity index (χ4n) is 3.98. The van der Waals surface area contributed by atoms with Gasteiger partial charge >= 0.3 is 21.1 Å². The van der Waals surface area contributed by atoms with Crippen LogP contribution in [0, 0.1) is 12.1 Å². The van der Waals surface area contributed by atoms with Gasteiger partial charge in [0, 0.05) is 12.4 Å². The molecule has 0 unspecified atom stereocenters. The van der Waals surface area contributed by atoms with Gasteiger partial charge in [-0.05, 0) is 33.3 Å². The predicted molar refractivity (Wildman–Crippen MR) is 139 cm³/mol. The van der Waals surface area contributed by atoms with E-state index >= 15 is 0 Å². The molecule has 0 saturated heterocycles. The predicted octanol–water partition coefficient (Wildman–Crippen LogP) is 7.07. The summed E-state index contributed by atoms with van der Waals surface area (Å²) >= 11 is 0. The molecular formula is C30H30N4Pt. The van der Waals surface area contributed by atoms with Crippen LogP contribution < -0.4 is 0 Å².